The van der Waals surface area contributed by atoms with E-state index < -0.39 is 0 Å². The lowest BCUT2D eigenvalue weighted by Gasteiger charge is -1.97. The molecule has 18 heavy (non-hydrogen) atoms. The van der Waals surface area contributed by atoms with Gasteiger partial charge in [0.2, 0.25) is 0 Å². The second kappa shape index (κ2) is 4.59. The summed E-state index contributed by atoms with van der Waals surface area (Å²) in [6, 6.07) is 5.66. The molecule has 7 heteroatoms. The fourth-order valence-corrected chi connectivity index (χ4v) is 3.87. The van der Waals surface area contributed by atoms with Crippen molar-refractivity contribution in [3.05, 3.63) is 32.3 Å². The average Bonchev–Trinajstić information content (AvgIpc) is 2.99. The molecule has 0 saturated heterocycles. The molecule has 0 aromatic carbocycles. The Hall–Kier alpha value is -1.01. The Kier molecular flexibility index (Phi) is 3.07. The van der Waals surface area contributed by atoms with E-state index in [1.165, 1.54) is 11.3 Å². The Morgan fingerprint density at radius 2 is 2.17 bits per heavy atom. The van der Waals surface area contributed by atoms with E-state index in [-0.39, 0.29) is 0 Å². The van der Waals surface area contributed by atoms with Gasteiger partial charge in [-0.3, -0.25) is 0 Å². The first-order valence-corrected chi connectivity index (χ1v) is 7.36. The maximum atomic E-state index is 6.13. The van der Waals surface area contributed by atoms with E-state index in [0.29, 0.717) is 20.3 Å². The van der Waals surface area contributed by atoms with Gasteiger partial charge < -0.3 is 10.3 Å². The second-order valence-electron chi connectivity index (χ2n) is 3.49. The molecule has 92 valence electrons. The normalized spacial score (nSPS) is 11.0. The molecule has 0 bridgehead atoms. The number of anilines is 1. The number of aromatic nitrogens is 1. The molecule has 0 unspecified atom stereocenters. The highest BCUT2D eigenvalue weighted by Gasteiger charge is 2.22. The number of rotatable bonds is 2. The predicted molar refractivity (Wildman–Crippen MR) is 77.6 cm³/mol. The van der Waals surface area contributed by atoms with E-state index in [2.05, 4.69) is 5.16 Å². The molecule has 0 radical (unpaired) electrons. The summed E-state index contributed by atoms with van der Waals surface area (Å²) < 4.78 is 6.46. The summed E-state index contributed by atoms with van der Waals surface area (Å²) in [6.07, 6.45) is 0. The van der Waals surface area contributed by atoms with Gasteiger partial charge in [0.05, 0.1) is 15.5 Å². The third-order valence-electron chi connectivity index (χ3n) is 2.39. The minimum Gasteiger partial charge on any atom is -0.380 e. The van der Waals surface area contributed by atoms with Gasteiger partial charge in [-0.15, -0.1) is 22.7 Å². The molecule has 0 fully saturated rings. The van der Waals surface area contributed by atoms with Crippen LogP contribution in [0, 0.1) is 0 Å². The molecule has 3 aromatic heterocycles. The van der Waals surface area contributed by atoms with Gasteiger partial charge >= 0.3 is 0 Å². The summed E-state index contributed by atoms with van der Waals surface area (Å²) in [6.45, 7) is 0. The molecule has 0 aliphatic rings. The molecule has 3 aromatic rings. The van der Waals surface area contributed by atoms with Crippen LogP contribution in [0.4, 0.5) is 5.82 Å². The van der Waals surface area contributed by atoms with Gasteiger partial charge in [-0.25, -0.2) is 0 Å². The van der Waals surface area contributed by atoms with Crippen LogP contribution in [-0.4, -0.2) is 5.16 Å². The largest absolute Gasteiger partial charge is 0.380 e. The molecular formula is C11H6Cl2N2OS2. The summed E-state index contributed by atoms with van der Waals surface area (Å²) in [5, 5.41) is 5.78. The van der Waals surface area contributed by atoms with E-state index in [4.69, 9.17) is 33.5 Å². The summed E-state index contributed by atoms with van der Waals surface area (Å²) in [7, 11) is 0. The maximum Gasteiger partial charge on any atom is 0.180 e. The lowest BCUT2D eigenvalue weighted by molar-refractivity contribution is 0.436. The van der Waals surface area contributed by atoms with Crippen molar-refractivity contribution in [1.82, 2.24) is 5.16 Å². The Labute approximate surface area is 121 Å². The first-order chi connectivity index (χ1) is 8.66. The van der Waals surface area contributed by atoms with Crippen molar-refractivity contribution in [2.75, 3.05) is 5.73 Å². The number of hydrogen-bond acceptors (Lipinski definition) is 5. The third-order valence-corrected chi connectivity index (χ3v) is 4.76. The number of nitrogens with two attached hydrogens (primary N) is 1. The minimum absolute atomic E-state index is 0.353. The van der Waals surface area contributed by atoms with Crippen LogP contribution in [0.15, 0.2) is 28.1 Å². The zero-order chi connectivity index (χ0) is 12.7. The number of nitrogens with zero attached hydrogens (tertiary/aromatic N) is 1. The highest BCUT2D eigenvalue weighted by molar-refractivity contribution is 7.20. The fraction of sp³-hybridized carbons (Fsp3) is 0. The first-order valence-electron chi connectivity index (χ1n) is 4.91. The van der Waals surface area contributed by atoms with Gasteiger partial charge in [0.1, 0.15) is 4.34 Å². The quantitative estimate of drug-likeness (QED) is 0.722. The number of halogens is 2. The summed E-state index contributed by atoms with van der Waals surface area (Å²) in [5.41, 5.74) is 7.34. The van der Waals surface area contributed by atoms with E-state index in [1.807, 2.05) is 17.5 Å². The summed E-state index contributed by atoms with van der Waals surface area (Å²) in [5.74, 6) is 0.911. The maximum absolute atomic E-state index is 6.13. The number of thiophene rings is 2. The molecular weight excluding hydrogens is 311 g/mol. The molecule has 2 N–H and O–H groups in total. The Balaban J connectivity index is 2.23. The Morgan fingerprint density at radius 1 is 1.33 bits per heavy atom. The van der Waals surface area contributed by atoms with E-state index >= 15 is 0 Å². The fourth-order valence-electron chi connectivity index (χ4n) is 1.64. The predicted octanol–water partition coefficient (Wildman–Crippen LogP) is 5.02. The highest BCUT2D eigenvalue weighted by Crippen LogP contribution is 2.44. The van der Waals surface area contributed by atoms with Crippen LogP contribution in [0.2, 0.25) is 8.67 Å². The van der Waals surface area contributed by atoms with Crippen molar-refractivity contribution >= 4 is 51.7 Å². The number of hydrogen-bond donors (Lipinski definition) is 1. The van der Waals surface area contributed by atoms with E-state index in [1.54, 1.807) is 17.4 Å². The van der Waals surface area contributed by atoms with Crippen molar-refractivity contribution in [3.63, 3.8) is 0 Å². The lowest BCUT2D eigenvalue weighted by Crippen LogP contribution is -1.86. The second-order valence-corrected chi connectivity index (χ2v) is 6.72. The molecule has 0 amide bonds. The van der Waals surface area contributed by atoms with Gasteiger partial charge in [0.15, 0.2) is 11.6 Å². The Bertz CT molecular complexity index is 688. The average molecular weight is 317 g/mol. The van der Waals surface area contributed by atoms with E-state index in [0.717, 1.165) is 16.0 Å². The van der Waals surface area contributed by atoms with Crippen molar-refractivity contribution in [1.29, 1.82) is 0 Å². The molecule has 3 nitrogen and oxygen atoms in total. The summed E-state index contributed by atoms with van der Waals surface area (Å²) in [4.78, 5) is 0.988. The van der Waals surface area contributed by atoms with Gasteiger partial charge in [0, 0.05) is 4.88 Å². The standard InChI is InChI=1S/C11H6Cl2N2OS2/c12-7-4-5(10(13)18-7)9-8(11(14)15-16-9)6-2-1-3-17-6/h1-4H,(H2,14,15). The zero-order valence-corrected chi connectivity index (χ0v) is 12.0. The van der Waals surface area contributed by atoms with Gasteiger partial charge in [0.25, 0.3) is 0 Å². The molecule has 3 heterocycles. The van der Waals surface area contributed by atoms with Crippen molar-refractivity contribution in [2.45, 2.75) is 0 Å². The molecule has 0 aliphatic carbocycles. The van der Waals surface area contributed by atoms with Crippen LogP contribution < -0.4 is 5.73 Å². The molecule has 3 rings (SSSR count). The van der Waals surface area contributed by atoms with Gasteiger partial charge in [-0.2, -0.15) is 0 Å². The number of nitrogen functional groups attached to an aromatic ring is 1. The van der Waals surface area contributed by atoms with Crippen molar-refractivity contribution < 1.29 is 4.52 Å². The molecule has 0 atom stereocenters. The van der Waals surface area contributed by atoms with Crippen LogP contribution >= 0.6 is 45.9 Å². The zero-order valence-electron chi connectivity index (χ0n) is 8.81. The highest BCUT2D eigenvalue weighted by atomic mass is 35.5. The molecule has 0 spiro atoms. The van der Waals surface area contributed by atoms with Crippen molar-refractivity contribution in [2.24, 2.45) is 0 Å². The van der Waals surface area contributed by atoms with Crippen LogP contribution in [0.3, 0.4) is 0 Å². The van der Waals surface area contributed by atoms with Gasteiger partial charge in [-0.05, 0) is 17.5 Å². The van der Waals surface area contributed by atoms with Crippen LogP contribution in [0.25, 0.3) is 21.8 Å². The first kappa shape index (κ1) is 12.0. The SMILES string of the molecule is Nc1noc(-c2cc(Cl)sc2Cl)c1-c1cccs1. The van der Waals surface area contributed by atoms with Crippen LogP contribution in [-0.2, 0) is 0 Å². The smallest absolute Gasteiger partial charge is 0.180 e. The topological polar surface area (TPSA) is 52.0 Å². The monoisotopic (exact) mass is 316 g/mol. The van der Waals surface area contributed by atoms with Crippen LogP contribution in [0.5, 0.6) is 0 Å². The summed E-state index contributed by atoms with van der Waals surface area (Å²) >= 11 is 14.9. The third kappa shape index (κ3) is 1.93. The minimum atomic E-state index is 0.353. The van der Waals surface area contributed by atoms with Crippen molar-refractivity contribution in [3.8, 4) is 21.8 Å². The van der Waals surface area contributed by atoms with Crippen LogP contribution in [0.1, 0.15) is 0 Å². The molecule has 0 aliphatic heterocycles. The van der Waals surface area contributed by atoms with Gasteiger partial charge in [-0.1, -0.05) is 34.4 Å². The lowest BCUT2D eigenvalue weighted by atomic mass is 10.1. The molecule has 0 saturated carbocycles. The Morgan fingerprint density at radius 3 is 2.78 bits per heavy atom. The van der Waals surface area contributed by atoms with E-state index in [9.17, 15) is 0 Å².